The molecule has 1 aliphatic rings. The standard InChI is InChI=1S/C11H19NO10/c1-4(14)12(21)7-5(15)2-11(20,10(18)19)22-9(7)8(17)6(16)3-13/h5-9,12-13,15-17,20H,2-3H2,1H3,(H,18,19)/t5-,6+,7+,8+,9+,11?/m0/s1. The minimum Gasteiger partial charge on any atom is -0.626 e. The van der Waals surface area contributed by atoms with Crippen LogP contribution in [0.15, 0.2) is 0 Å². The molecule has 0 aromatic carbocycles. The lowest BCUT2D eigenvalue weighted by Crippen LogP contribution is -3.17. The predicted octanol–water partition coefficient (Wildman–Crippen LogP) is -5.08. The fourth-order valence-electron chi connectivity index (χ4n) is 2.28. The van der Waals surface area contributed by atoms with Crippen molar-refractivity contribution in [2.75, 3.05) is 6.61 Å². The number of aliphatic hydroxyl groups excluding tert-OH is 4. The van der Waals surface area contributed by atoms with Gasteiger partial charge in [-0.05, 0) is 0 Å². The molecule has 0 bridgehead atoms. The maximum absolute atomic E-state index is 11.8. The lowest BCUT2D eigenvalue weighted by atomic mass is 9.88. The number of hydrogen-bond donors (Lipinski definition) is 7. The average molecular weight is 325 g/mol. The fraction of sp³-hybridized carbons (Fsp3) is 0.818. The molecule has 2 unspecified atom stereocenters. The summed E-state index contributed by atoms with van der Waals surface area (Å²) in [4.78, 5) is 22.2. The maximum Gasteiger partial charge on any atom is 0.364 e. The molecule has 1 aliphatic heterocycles. The van der Waals surface area contributed by atoms with Crippen LogP contribution in [0.3, 0.4) is 0 Å². The fourth-order valence-corrected chi connectivity index (χ4v) is 2.28. The van der Waals surface area contributed by atoms with Crippen molar-refractivity contribution < 1.29 is 50.0 Å². The number of hydrogen-bond acceptors (Lipinski definition) is 9. The minimum atomic E-state index is -2.91. The van der Waals surface area contributed by atoms with E-state index in [0.29, 0.717) is 0 Å². The van der Waals surface area contributed by atoms with E-state index < -0.39 is 66.2 Å². The molecule has 11 nitrogen and oxygen atoms in total. The van der Waals surface area contributed by atoms with Gasteiger partial charge in [-0.1, -0.05) is 0 Å². The number of carboxylic acid groups (broad SMARTS) is 1. The third-order valence-corrected chi connectivity index (χ3v) is 3.49. The van der Waals surface area contributed by atoms with E-state index >= 15 is 0 Å². The highest BCUT2D eigenvalue weighted by Gasteiger charge is 2.56. The van der Waals surface area contributed by atoms with Crippen LogP contribution in [0.25, 0.3) is 0 Å². The number of nitrogens with one attached hydrogen (secondary N) is 1. The molecule has 7 atom stereocenters. The number of carbonyl (C=O) groups is 2. The molecule has 22 heavy (non-hydrogen) atoms. The molecule has 1 saturated heterocycles. The highest BCUT2D eigenvalue weighted by atomic mass is 16.7. The normalized spacial score (nSPS) is 36.4. The summed E-state index contributed by atoms with van der Waals surface area (Å²) < 4.78 is 4.78. The van der Waals surface area contributed by atoms with Gasteiger partial charge in [0.25, 0.3) is 5.79 Å². The van der Waals surface area contributed by atoms with Crippen molar-refractivity contribution in [3.8, 4) is 0 Å². The molecule has 1 rings (SSSR count). The van der Waals surface area contributed by atoms with E-state index in [2.05, 4.69) is 0 Å². The molecule has 11 heteroatoms. The third-order valence-electron chi connectivity index (χ3n) is 3.49. The summed E-state index contributed by atoms with van der Waals surface area (Å²) in [6.45, 7) is -0.0530. The maximum atomic E-state index is 11.8. The minimum absolute atomic E-state index is 0.902. The quantitative estimate of drug-likeness (QED) is 0.240. The Morgan fingerprint density at radius 2 is 2.00 bits per heavy atom. The van der Waals surface area contributed by atoms with E-state index in [0.717, 1.165) is 6.92 Å². The number of carboxylic acids is 1. The zero-order valence-electron chi connectivity index (χ0n) is 11.6. The van der Waals surface area contributed by atoms with Gasteiger partial charge in [0, 0.05) is 6.42 Å². The monoisotopic (exact) mass is 325 g/mol. The molecule has 0 saturated carbocycles. The van der Waals surface area contributed by atoms with Crippen LogP contribution >= 0.6 is 0 Å². The van der Waals surface area contributed by atoms with Gasteiger partial charge in [0.15, 0.2) is 0 Å². The van der Waals surface area contributed by atoms with Crippen molar-refractivity contribution in [1.82, 2.24) is 0 Å². The second kappa shape index (κ2) is 6.93. The zero-order chi connectivity index (χ0) is 17.2. The van der Waals surface area contributed by atoms with Crippen LogP contribution < -0.4 is 5.06 Å². The van der Waals surface area contributed by atoms with E-state index in [-0.39, 0.29) is 0 Å². The number of amides is 1. The Labute approximate surface area is 124 Å². The largest absolute Gasteiger partial charge is 0.626 e. The van der Waals surface area contributed by atoms with E-state index in [1.54, 1.807) is 0 Å². The average Bonchev–Trinajstić information content (AvgIpc) is 2.43. The SMILES string of the molecule is CC(=O)[NH+]([O-])[C@H]1[C@H]([C@H](O)[C@H](O)CO)OC(O)(C(=O)O)C[C@@H]1O. The Hall–Kier alpha value is -1.18. The Morgan fingerprint density at radius 3 is 2.41 bits per heavy atom. The van der Waals surface area contributed by atoms with E-state index in [1.165, 1.54) is 0 Å². The molecule has 128 valence electrons. The van der Waals surface area contributed by atoms with Crippen LogP contribution in [0.1, 0.15) is 13.3 Å². The second-order valence-electron chi connectivity index (χ2n) is 5.13. The van der Waals surface area contributed by atoms with Crippen LogP contribution in [0, 0.1) is 5.21 Å². The zero-order valence-corrected chi connectivity index (χ0v) is 11.6. The molecule has 1 fully saturated rings. The second-order valence-corrected chi connectivity index (χ2v) is 5.13. The van der Waals surface area contributed by atoms with Crippen LogP contribution in [0.2, 0.25) is 0 Å². The van der Waals surface area contributed by atoms with Crippen molar-refractivity contribution in [1.29, 1.82) is 0 Å². The Morgan fingerprint density at radius 1 is 1.45 bits per heavy atom. The molecular weight excluding hydrogens is 306 g/mol. The van der Waals surface area contributed by atoms with Crippen molar-refractivity contribution in [3.05, 3.63) is 5.21 Å². The number of carbonyl (C=O) groups excluding carboxylic acids is 1. The molecular formula is C11H19NO10. The topological polar surface area (TPSA) is 192 Å². The molecule has 0 radical (unpaired) electrons. The Balaban J connectivity index is 3.19. The van der Waals surface area contributed by atoms with Crippen molar-refractivity contribution in [2.24, 2.45) is 0 Å². The molecule has 0 aliphatic carbocycles. The van der Waals surface area contributed by atoms with Gasteiger partial charge in [0.05, 0.1) is 13.5 Å². The molecule has 7 N–H and O–H groups in total. The van der Waals surface area contributed by atoms with Crippen molar-refractivity contribution >= 4 is 11.9 Å². The third kappa shape index (κ3) is 3.59. The van der Waals surface area contributed by atoms with E-state index in [4.69, 9.17) is 14.9 Å². The number of hydroxylamine groups is 2. The van der Waals surface area contributed by atoms with Gasteiger partial charge in [0.1, 0.15) is 30.5 Å². The lowest BCUT2D eigenvalue weighted by molar-refractivity contribution is -0.810. The van der Waals surface area contributed by atoms with Gasteiger partial charge in [-0.2, -0.15) is 0 Å². The number of aliphatic carboxylic acids is 1. The summed E-state index contributed by atoms with van der Waals surface area (Å²) in [5, 5.41) is 67.4. The van der Waals surface area contributed by atoms with Gasteiger partial charge >= 0.3 is 11.9 Å². The predicted molar refractivity (Wildman–Crippen MR) is 66.0 cm³/mol. The van der Waals surface area contributed by atoms with Crippen molar-refractivity contribution in [2.45, 2.75) is 49.6 Å². The van der Waals surface area contributed by atoms with Crippen LogP contribution in [0.5, 0.6) is 0 Å². The van der Waals surface area contributed by atoms with E-state index in [1.807, 2.05) is 0 Å². The number of quaternary nitrogens is 1. The van der Waals surface area contributed by atoms with E-state index in [9.17, 15) is 35.2 Å². The summed E-state index contributed by atoms with van der Waals surface area (Å²) in [6.07, 6.45) is -8.47. The lowest BCUT2D eigenvalue weighted by Gasteiger charge is -2.46. The van der Waals surface area contributed by atoms with Crippen molar-refractivity contribution in [3.63, 3.8) is 0 Å². The smallest absolute Gasteiger partial charge is 0.364 e. The molecule has 1 amide bonds. The van der Waals surface area contributed by atoms with Gasteiger partial charge in [0.2, 0.25) is 0 Å². The highest BCUT2D eigenvalue weighted by molar-refractivity contribution is 5.75. The summed E-state index contributed by atoms with van der Waals surface area (Å²) >= 11 is 0. The first-order valence-corrected chi connectivity index (χ1v) is 6.38. The number of rotatable bonds is 5. The van der Waals surface area contributed by atoms with Gasteiger partial charge in [-0.3, -0.25) is 0 Å². The summed E-state index contributed by atoms with van der Waals surface area (Å²) in [5.74, 6) is -5.77. The first kappa shape index (κ1) is 18.9. The van der Waals surface area contributed by atoms with Gasteiger partial charge in [-0.25, -0.2) is 9.59 Å². The van der Waals surface area contributed by atoms with Crippen LogP contribution in [0.4, 0.5) is 0 Å². The summed E-state index contributed by atoms with van der Waals surface area (Å²) in [6, 6.07) is -1.69. The Bertz CT molecular complexity index is 431. The van der Waals surface area contributed by atoms with Crippen LogP contribution in [-0.4, -0.2) is 85.4 Å². The Kier molecular flexibility index (Phi) is 5.95. The summed E-state index contributed by atoms with van der Waals surface area (Å²) in [7, 11) is 0. The molecule has 0 spiro atoms. The number of ether oxygens (including phenoxy) is 1. The highest BCUT2D eigenvalue weighted by Crippen LogP contribution is 2.29. The number of aliphatic hydroxyl groups is 5. The molecule has 1 heterocycles. The molecule has 0 aromatic heterocycles. The van der Waals surface area contributed by atoms with Crippen LogP contribution in [-0.2, 0) is 14.3 Å². The first-order chi connectivity index (χ1) is 10.0. The first-order valence-electron chi connectivity index (χ1n) is 6.38. The van der Waals surface area contributed by atoms with Gasteiger partial charge in [-0.15, -0.1) is 0 Å². The summed E-state index contributed by atoms with van der Waals surface area (Å²) in [5.41, 5.74) is 0. The van der Waals surface area contributed by atoms with Gasteiger partial charge < -0.3 is 45.6 Å². The molecule has 0 aromatic rings.